The Hall–Kier alpha value is -14.4. The first kappa shape index (κ1) is 65.8. The molecule has 0 N–H and O–H groups in total. The lowest BCUT2D eigenvalue weighted by Crippen LogP contribution is -2.00. The molecule has 0 atom stereocenters. The van der Waals surface area contributed by atoms with Crippen LogP contribution in [-0.4, -0.2) is 39.0 Å². The summed E-state index contributed by atoms with van der Waals surface area (Å²) in [6, 6.07) is 137. The molecule has 16 aromatic carbocycles. The van der Waals surface area contributed by atoms with Crippen LogP contribution in [0.4, 0.5) is 0 Å². The van der Waals surface area contributed by atoms with Gasteiger partial charge in [0.2, 0.25) is 0 Å². The summed E-state index contributed by atoms with van der Waals surface area (Å²) in [7, 11) is 0. The topological polar surface area (TPSA) is 87.2 Å². The Kier molecular flexibility index (Phi) is 16.4. The molecule has 8 nitrogen and oxygen atoms in total. The van der Waals surface area contributed by atoms with Crippen molar-refractivity contribution in [1.82, 2.24) is 39.0 Å². The van der Waals surface area contributed by atoms with Crippen molar-refractivity contribution in [2.75, 3.05) is 0 Å². The van der Waals surface area contributed by atoms with Crippen LogP contribution in [0.2, 0.25) is 0 Å². The standard InChI is InChI=1S/2C51H32N4S/c1-3-13-34(14-4-1)49-52-50(35-15-5-2-6-16-35)54-51(53-49)38-18-11-17-36(31-38)33-25-28-39(29-26-33)55-45-23-9-7-19-41(45)42-30-27-37(32-46(42)55)40-21-12-22-44-43-20-8-10-24-47(43)56-48(40)44;1-3-13-34(14-4-1)49-52-50(35-15-5-2-6-16-35)54-51(53-49)36-27-25-33(26-28-36)37-17-11-18-39(31-37)55-45-23-9-7-19-41(45)42-30-29-38(32-46(42)55)40-21-12-22-44-43-20-8-10-24-47(43)56-48(40)44/h2*1-32H. The van der Waals surface area contributed by atoms with Crippen molar-refractivity contribution in [3.05, 3.63) is 388 Å². The molecule has 0 spiro atoms. The summed E-state index contributed by atoms with van der Waals surface area (Å²) in [5.41, 5.74) is 22.1. The zero-order chi connectivity index (χ0) is 74.0. The average Bonchev–Trinajstić information content (AvgIpc) is 1.59. The molecule has 22 aromatic rings. The van der Waals surface area contributed by atoms with Gasteiger partial charge in [0.15, 0.2) is 34.9 Å². The van der Waals surface area contributed by atoms with Gasteiger partial charge in [0.1, 0.15) is 0 Å². The van der Waals surface area contributed by atoms with Crippen molar-refractivity contribution < 1.29 is 0 Å². The van der Waals surface area contributed by atoms with Crippen molar-refractivity contribution in [3.63, 3.8) is 0 Å². The number of thiophene rings is 2. The Morgan fingerprint density at radius 1 is 0.170 bits per heavy atom. The van der Waals surface area contributed by atoms with Gasteiger partial charge >= 0.3 is 0 Å². The van der Waals surface area contributed by atoms with E-state index in [1.165, 1.54) is 106 Å². The zero-order valence-electron chi connectivity index (χ0n) is 60.3. The lowest BCUT2D eigenvalue weighted by Gasteiger charge is -2.12. The van der Waals surface area contributed by atoms with Crippen molar-refractivity contribution in [2.24, 2.45) is 0 Å². The summed E-state index contributed by atoms with van der Waals surface area (Å²) in [6.07, 6.45) is 0. The normalized spacial score (nSPS) is 11.6. The van der Waals surface area contributed by atoms with Crippen molar-refractivity contribution >= 4 is 107 Å². The van der Waals surface area contributed by atoms with Gasteiger partial charge < -0.3 is 9.13 Å². The van der Waals surface area contributed by atoms with Gasteiger partial charge in [-0.1, -0.05) is 322 Å². The maximum absolute atomic E-state index is 4.97. The summed E-state index contributed by atoms with van der Waals surface area (Å²) in [5, 5.41) is 10.2. The SMILES string of the molecule is c1ccc(-c2nc(-c3ccccc3)nc(-c3ccc(-c4cccc(-n5c6ccccc6c6ccc(-c7cccc8c7sc7ccccc78)cc65)c4)cc3)n2)cc1.c1ccc(-c2nc(-c3ccccc3)nc(-c3cccc(-c4ccc(-n5c6ccccc6c6ccc(-c7cccc8c7sc7ccccc78)cc65)cc4)c3)n2)cc1. The van der Waals surface area contributed by atoms with Crippen LogP contribution >= 0.6 is 22.7 Å². The highest BCUT2D eigenvalue weighted by Crippen LogP contribution is 2.45. The van der Waals surface area contributed by atoms with E-state index >= 15 is 0 Å². The highest BCUT2D eigenvalue weighted by Gasteiger charge is 2.21. The monoisotopic (exact) mass is 1460 g/mol. The molecule has 0 saturated carbocycles. The third kappa shape index (κ3) is 11.9. The number of rotatable bonds is 12. The van der Waals surface area contributed by atoms with Gasteiger partial charge in [-0.2, -0.15) is 0 Å². The van der Waals surface area contributed by atoms with E-state index in [1.807, 2.05) is 144 Å². The molecule has 22 rings (SSSR count). The minimum absolute atomic E-state index is 0.642. The Morgan fingerprint density at radius 2 is 0.473 bits per heavy atom. The molecular weight excluding hydrogens is 1400 g/mol. The van der Waals surface area contributed by atoms with Gasteiger partial charge in [-0.05, 0) is 111 Å². The van der Waals surface area contributed by atoms with E-state index in [4.69, 9.17) is 29.9 Å². The van der Waals surface area contributed by atoms with Crippen LogP contribution in [0.5, 0.6) is 0 Å². The zero-order valence-corrected chi connectivity index (χ0v) is 62.0. The van der Waals surface area contributed by atoms with Gasteiger partial charge in [0.05, 0.1) is 22.1 Å². The highest BCUT2D eigenvalue weighted by atomic mass is 32.1. The molecule has 0 amide bonds. The highest BCUT2D eigenvalue weighted by molar-refractivity contribution is 7.26. The first-order chi connectivity index (χ1) is 55.5. The van der Waals surface area contributed by atoms with Crippen LogP contribution in [-0.2, 0) is 0 Å². The fraction of sp³-hybridized carbons (Fsp3) is 0. The minimum atomic E-state index is 0.642. The molecule has 0 bridgehead atoms. The second-order valence-electron chi connectivity index (χ2n) is 28.1. The molecule has 0 radical (unpaired) electrons. The van der Waals surface area contributed by atoms with E-state index in [1.54, 1.807) is 0 Å². The quantitative estimate of drug-likeness (QED) is 0.121. The molecule has 0 unspecified atom stereocenters. The predicted molar refractivity (Wildman–Crippen MR) is 468 cm³/mol. The third-order valence-corrected chi connectivity index (χ3v) is 23.8. The number of nitrogens with zero attached hydrogens (tertiary/aromatic N) is 8. The average molecular weight is 1470 g/mol. The number of benzene rings is 16. The second-order valence-corrected chi connectivity index (χ2v) is 30.2. The van der Waals surface area contributed by atoms with Crippen LogP contribution in [0.3, 0.4) is 0 Å². The molecule has 0 fully saturated rings. The van der Waals surface area contributed by atoms with E-state index in [2.05, 4.69) is 276 Å². The minimum Gasteiger partial charge on any atom is -0.309 e. The molecule has 524 valence electrons. The van der Waals surface area contributed by atoms with Gasteiger partial charge in [0.25, 0.3) is 0 Å². The largest absolute Gasteiger partial charge is 0.309 e. The summed E-state index contributed by atoms with van der Waals surface area (Å²) >= 11 is 3.75. The first-order valence-electron chi connectivity index (χ1n) is 37.5. The van der Waals surface area contributed by atoms with E-state index in [0.29, 0.717) is 34.9 Å². The van der Waals surface area contributed by atoms with E-state index in [9.17, 15) is 0 Å². The Balaban J connectivity index is 0.000000141. The molecule has 10 heteroatoms. The molecule has 0 aliphatic heterocycles. The number of fused-ring (bicyclic) bond motifs is 12. The van der Waals surface area contributed by atoms with Crippen LogP contribution in [0.1, 0.15) is 0 Å². The molecule has 6 heterocycles. The maximum Gasteiger partial charge on any atom is 0.164 e. The third-order valence-electron chi connectivity index (χ3n) is 21.3. The van der Waals surface area contributed by atoms with Crippen molar-refractivity contribution in [2.45, 2.75) is 0 Å². The summed E-state index contributed by atoms with van der Waals surface area (Å²) in [5.74, 6) is 3.90. The molecule has 0 aliphatic carbocycles. The lowest BCUT2D eigenvalue weighted by atomic mass is 10.0. The molecule has 0 aliphatic rings. The molecule has 0 saturated heterocycles. The van der Waals surface area contributed by atoms with Gasteiger partial charge in [-0.25, -0.2) is 29.9 Å². The van der Waals surface area contributed by atoms with Gasteiger partial charge in [0, 0.05) is 107 Å². The number of aromatic nitrogens is 8. The predicted octanol–water partition coefficient (Wildman–Crippen LogP) is 27.3. The summed E-state index contributed by atoms with van der Waals surface area (Å²) in [4.78, 5) is 29.6. The van der Waals surface area contributed by atoms with Crippen LogP contribution < -0.4 is 0 Å². The summed E-state index contributed by atoms with van der Waals surface area (Å²) < 4.78 is 10.1. The lowest BCUT2D eigenvalue weighted by molar-refractivity contribution is 1.07. The molecule has 6 aromatic heterocycles. The molecular formula is C102H64N8S2. The van der Waals surface area contributed by atoms with E-state index in [0.717, 1.165) is 67.0 Å². The van der Waals surface area contributed by atoms with Crippen LogP contribution in [0, 0.1) is 0 Å². The van der Waals surface area contributed by atoms with Crippen molar-refractivity contribution in [1.29, 1.82) is 0 Å². The maximum atomic E-state index is 4.97. The fourth-order valence-electron chi connectivity index (χ4n) is 15.9. The van der Waals surface area contributed by atoms with Crippen LogP contribution in [0.15, 0.2) is 388 Å². The Labute approximate surface area is 653 Å². The van der Waals surface area contributed by atoms with E-state index < -0.39 is 0 Å². The second kappa shape index (κ2) is 28.0. The van der Waals surface area contributed by atoms with Crippen molar-refractivity contribution in [3.8, 4) is 124 Å². The first-order valence-corrected chi connectivity index (χ1v) is 39.2. The molecule has 112 heavy (non-hydrogen) atoms. The number of hydrogen-bond donors (Lipinski definition) is 0. The smallest absolute Gasteiger partial charge is 0.164 e. The summed E-state index contributed by atoms with van der Waals surface area (Å²) in [6.45, 7) is 0. The van der Waals surface area contributed by atoms with Gasteiger partial charge in [-0.3, -0.25) is 0 Å². The Morgan fingerprint density at radius 3 is 0.929 bits per heavy atom. The number of hydrogen-bond acceptors (Lipinski definition) is 8. The Bertz CT molecular complexity index is 7240. The number of para-hydroxylation sites is 2. The van der Waals surface area contributed by atoms with Gasteiger partial charge in [-0.15, -0.1) is 22.7 Å². The van der Waals surface area contributed by atoms with Crippen LogP contribution in [0.25, 0.3) is 208 Å². The fourth-order valence-corrected chi connectivity index (χ4v) is 18.4. The van der Waals surface area contributed by atoms with E-state index in [-0.39, 0.29) is 0 Å².